The number of benzene rings is 2. The number of hydrogen-bond acceptors (Lipinski definition) is 2. The Morgan fingerprint density at radius 3 is 2.50 bits per heavy atom. The van der Waals surface area contributed by atoms with Crippen LogP contribution in [0.25, 0.3) is 10.8 Å². The van der Waals surface area contributed by atoms with Gasteiger partial charge in [-0.05, 0) is 29.3 Å². The maximum absolute atomic E-state index is 8.56. The van der Waals surface area contributed by atoms with Crippen LogP contribution in [0.1, 0.15) is 18.6 Å². The SMILES string of the molecule is CC(OO)c1ccc2ccccc2c1. The van der Waals surface area contributed by atoms with Crippen LogP contribution in [-0.2, 0) is 4.89 Å². The van der Waals surface area contributed by atoms with Crippen molar-refractivity contribution in [2.75, 3.05) is 0 Å². The normalized spacial score (nSPS) is 13.0. The zero-order valence-corrected chi connectivity index (χ0v) is 7.97. The Balaban J connectivity index is 2.51. The molecule has 0 saturated heterocycles. The van der Waals surface area contributed by atoms with Gasteiger partial charge in [0.1, 0.15) is 6.10 Å². The van der Waals surface area contributed by atoms with Gasteiger partial charge in [-0.2, -0.15) is 0 Å². The zero-order valence-electron chi connectivity index (χ0n) is 7.97. The smallest absolute Gasteiger partial charge is 0.115 e. The summed E-state index contributed by atoms with van der Waals surface area (Å²) in [4.78, 5) is 4.29. The van der Waals surface area contributed by atoms with E-state index in [9.17, 15) is 0 Å². The van der Waals surface area contributed by atoms with Gasteiger partial charge in [0.15, 0.2) is 0 Å². The molecule has 72 valence electrons. The lowest BCUT2D eigenvalue weighted by atomic mass is 10.0. The van der Waals surface area contributed by atoms with Crippen LogP contribution in [0.15, 0.2) is 42.5 Å². The first kappa shape index (κ1) is 9.19. The predicted octanol–water partition coefficient (Wildman–Crippen LogP) is 3.39. The summed E-state index contributed by atoms with van der Waals surface area (Å²) < 4.78 is 0. The monoisotopic (exact) mass is 188 g/mol. The summed E-state index contributed by atoms with van der Waals surface area (Å²) in [6, 6.07) is 14.1. The van der Waals surface area contributed by atoms with Crippen molar-refractivity contribution in [1.29, 1.82) is 0 Å². The van der Waals surface area contributed by atoms with Gasteiger partial charge >= 0.3 is 0 Å². The lowest BCUT2D eigenvalue weighted by Gasteiger charge is -2.08. The molecule has 0 amide bonds. The highest BCUT2D eigenvalue weighted by atomic mass is 17.1. The molecule has 1 unspecified atom stereocenters. The molecular formula is C12H12O2. The molecule has 0 radical (unpaired) electrons. The van der Waals surface area contributed by atoms with Gasteiger partial charge in [-0.3, -0.25) is 5.26 Å². The van der Waals surface area contributed by atoms with Crippen LogP contribution in [0.5, 0.6) is 0 Å². The van der Waals surface area contributed by atoms with Crippen LogP contribution in [-0.4, -0.2) is 5.26 Å². The van der Waals surface area contributed by atoms with Gasteiger partial charge < -0.3 is 0 Å². The molecule has 1 atom stereocenters. The standard InChI is InChI=1S/C12H12O2/c1-9(14-13)11-7-6-10-4-2-3-5-12(10)8-11/h2-9,13H,1H3. The summed E-state index contributed by atoms with van der Waals surface area (Å²) in [5.74, 6) is 0. The molecule has 14 heavy (non-hydrogen) atoms. The average Bonchev–Trinajstić information content (AvgIpc) is 2.27. The summed E-state index contributed by atoms with van der Waals surface area (Å²) in [5.41, 5.74) is 0.978. The van der Waals surface area contributed by atoms with Gasteiger partial charge in [-0.15, -0.1) is 0 Å². The van der Waals surface area contributed by atoms with Crippen molar-refractivity contribution in [3.05, 3.63) is 48.0 Å². The van der Waals surface area contributed by atoms with E-state index in [0.717, 1.165) is 10.9 Å². The van der Waals surface area contributed by atoms with Crippen molar-refractivity contribution in [2.45, 2.75) is 13.0 Å². The number of rotatable bonds is 2. The molecule has 2 aromatic carbocycles. The molecule has 2 rings (SSSR count). The van der Waals surface area contributed by atoms with Crippen LogP contribution in [0.4, 0.5) is 0 Å². The molecule has 0 spiro atoms. The van der Waals surface area contributed by atoms with E-state index in [-0.39, 0.29) is 6.10 Å². The van der Waals surface area contributed by atoms with Gasteiger partial charge in [0.25, 0.3) is 0 Å². The van der Waals surface area contributed by atoms with Gasteiger partial charge in [0, 0.05) is 0 Å². The summed E-state index contributed by atoms with van der Waals surface area (Å²) >= 11 is 0. The minimum Gasteiger partial charge on any atom is -0.251 e. The first-order valence-corrected chi connectivity index (χ1v) is 4.60. The average molecular weight is 188 g/mol. The Kier molecular flexibility index (Phi) is 2.48. The minimum absolute atomic E-state index is 0.278. The van der Waals surface area contributed by atoms with Gasteiger partial charge in [-0.1, -0.05) is 36.4 Å². The Morgan fingerprint density at radius 1 is 1.07 bits per heavy atom. The van der Waals surface area contributed by atoms with Gasteiger partial charge in [-0.25, -0.2) is 4.89 Å². The molecule has 2 heteroatoms. The lowest BCUT2D eigenvalue weighted by Crippen LogP contribution is -1.95. The fraction of sp³-hybridized carbons (Fsp3) is 0.167. The van der Waals surface area contributed by atoms with Crippen molar-refractivity contribution in [3.63, 3.8) is 0 Å². The molecule has 1 N–H and O–H groups in total. The van der Waals surface area contributed by atoms with E-state index >= 15 is 0 Å². The zero-order chi connectivity index (χ0) is 9.97. The highest BCUT2D eigenvalue weighted by Crippen LogP contribution is 2.21. The Bertz CT molecular complexity index is 437. The highest BCUT2D eigenvalue weighted by molar-refractivity contribution is 5.83. The van der Waals surface area contributed by atoms with Crippen LogP contribution >= 0.6 is 0 Å². The quantitative estimate of drug-likeness (QED) is 0.578. The van der Waals surface area contributed by atoms with Crippen molar-refractivity contribution < 1.29 is 10.1 Å². The van der Waals surface area contributed by atoms with Crippen molar-refractivity contribution in [2.24, 2.45) is 0 Å². The van der Waals surface area contributed by atoms with Crippen LogP contribution in [0.3, 0.4) is 0 Å². The first-order valence-electron chi connectivity index (χ1n) is 4.60. The molecule has 0 bridgehead atoms. The van der Waals surface area contributed by atoms with E-state index in [2.05, 4.69) is 11.0 Å². The van der Waals surface area contributed by atoms with Crippen molar-refractivity contribution in [3.8, 4) is 0 Å². The maximum Gasteiger partial charge on any atom is 0.115 e. The van der Waals surface area contributed by atoms with Crippen LogP contribution < -0.4 is 0 Å². The Morgan fingerprint density at radius 2 is 1.79 bits per heavy atom. The Hall–Kier alpha value is -1.38. The van der Waals surface area contributed by atoms with E-state index in [1.807, 2.05) is 43.3 Å². The van der Waals surface area contributed by atoms with Gasteiger partial charge in [0.05, 0.1) is 0 Å². The van der Waals surface area contributed by atoms with E-state index in [1.165, 1.54) is 5.39 Å². The summed E-state index contributed by atoms with van der Waals surface area (Å²) in [6.07, 6.45) is -0.278. The molecule has 0 aliphatic heterocycles. The van der Waals surface area contributed by atoms with E-state index in [4.69, 9.17) is 5.26 Å². The fourth-order valence-electron chi connectivity index (χ4n) is 1.52. The largest absolute Gasteiger partial charge is 0.251 e. The minimum atomic E-state index is -0.278. The molecule has 0 fully saturated rings. The maximum atomic E-state index is 8.56. The molecule has 0 aliphatic carbocycles. The molecule has 2 nitrogen and oxygen atoms in total. The molecule has 0 aliphatic rings. The number of fused-ring (bicyclic) bond motifs is 1. The summed E-state index contributed by atoms with van der Waals surface area (Å²) in [6.45, 7) is 1.81. The van der Waals surface area contributed by atoms with Crippen LogP contribution in [0, 0.1) is 0 Å². The third kappa shape index (κ3) is 1.62. The molecule has 0 heterocycles. The summed E-state index contributed by atoms with van der Waals surface area (Å²) in [5, 5.41) is 10.9. The Labute approximate surface area is 82.7 Å². The number of hydrogen-bond donors (Lipinski definition) is 1. The molecular weight excluding hydrogens is 176 g/mol. The first-order chi connectivity index (χ1) is 6.81. The molecule has 2 aromatic rings. The summed E-state index contributed by atoms with van der Waals surface area (Å²) in [7, 11) is 0. The second-order valence-corrected chi connectivity index (χ2v) is 3.35. The van der Waals surface area contributed by atoms with E-state index in [0.29, 0.717) is 0 Å². The van der Waals surface area contributed by atoms with E-state index < -0.39 is 0 Å². The van der Waals surface area contributed by atoms with Gasteiger partial charge in [0.2, 0.25) is 0 Å². The topological polar surface area (TPSA) is 29.5 Å². The second kappa shape index (κ2) is 3.78. The third-order valence-corrected chi connectivity index (χ3v) is 2.40. The molecule has 0 aromatic heterocycles. The van der Waals surface area contributed by atoms with Crippen molar-refractivity contribution >= 4 is 10.8 Å². The fourth-order valence-corrected chi connectivity index (χ4v) is 1.52. The van der Waals surface area contributed by atoms with E-state index in [1.54, 1.807) is 0 Å². The highest BCUT2D eigenvalue weighted by Gasteiger charge is 2.04. The third-order valence-electron chi connectivity index (χ3n) is 2.40. The second-order valence-electron chi connectivity index (χ2n) is 3.35. The molecule has 0 saturated carbocycles. The van der Waals surface area contributed by atoms with Crippen LogP contribution in [0.2, 0.25) is 0 Å². The predicted molar refractivity (Wildman–Crippen MR) is 56.1 cm³/mol. The lowest BCUT2D eigenvalue weighted by molar-refractivity contribution is -0.277. The van der Waals surface area contributed by atoms with Crippen molar-refractivity contribution in [1.82, 2.24) is 0 Å².